The van der Waals surface area contributed by atoms with Gasteiger partial charge in [0.05, 0.1) is 11.8 Å². The van der Waals surface area contributed by atoms with Crippen molar-refractivity contribution in [2.45, 2.75) is 45.2 Å². The Kier molecular flexibility index (Phi) is 5.98. The summed E-state index contributed by atoms with van der Waals surface area (Å²) in [5.41, 5.74) is 0. The fraction of sp³-hybridized carbons (Fsp3) is 0.875. The highest BCUT2D eigenvalue weighted by atomic mass is 19.4. The van der Waals surface area contributed by atoms with E-state index in [0.29, 0.717) is 25.8 Å². The number of nitrogens with one attached hydrogen (secondary N) is 1. The second-order valence-corrected chi connectivity index (χ2v) is 7.16. The molecule has 0 aromatic rings. The maximum absolute atomic E-state index is 13.1. The van der Waals surface area contributed by atoms with E-state index >= 15 is 0 Å². The summed E-state index contributed by atoms with van der Waals surface area (Å²) in [6.07, 6.45) is -1.83. The van der Waals surface area contributed by atoms with Gasteiger partial charge in [-0.1, -0.05) is 19.8 Å². The van der Waals surface area contributed by atoms with Crippen LogP contribution >= 0.6 is 0 Å². The van der Waals surface area contributed by atoms with E-state index in [4.69, 9.17) is 5.11 Å². The van der Waals surface area contributed by atoms with Crippen LogP contribution in [0.4, 0.5) is 18.0 Å². The molecule has 2 unspecified atom stereocenters. The molecule has 24 heavy (non-hydrogen) atoms. The Bertz CT molecular complexity index is 470. The van der Waals surface area contributed by atoms with Crippen molar-refractivity contribution in [1.29, 1.82) is 0 Å². The smallest absolute Gasteiger partial charge is 0.392 e. The molecule has 1 saturated carbocycles. The third-order valence-corrected chi connectivity index (χ3v) is 5.14. The van der Waals surface area contributed by atoms with Gasteiger partial charge in [0.1, 0.15) is 0 Å². The van der Waals surface area contributed by atoms with Gasteiger partial charge >= 0.3 is 18.2 Å². The standard InChI is InChI=1S/C16H25F3N2O3/c1-10-6-12(14(22)23)9-21(8-10)15(24)20-7-11-4-2-3-5-13(11)16(17,18)19/h10-13H,2-9H2,1H3,(H,20,24)(H,22,23)/t10?,11-,12?,13-/m1/s1. The minimum absolute atomic E-state index is 0.00830. The Morgan fingerprint density at radius 2 is 1.88 bits per heavy atom. The summed E-state index contributed by atoms with van der Waals surface area (Å²) in [5.74, 6) is -3.46. The molecule has 0 aromatic heterocycles. The van der Waals surface area contributed by atoms with Gasteiger partial charge in [0, 0.05) is 19.6 Å². The van der Waals surface area contributed by atoms with Gasteiger partial charge in [0.15, 0.2) is 0 Å². The number of carbonyl (C=O) groups excluding carboxylic acids is 1. The normalized spacial score (nSPS) is 31.6. The monoisotopic (exact) mass is 350 g/mol. The fourth-order valence-corrected chi connectivity index (χ4v) is 3.91. The molecule has 1 heterocycles. The number of amides is 2. The van der Waals surface area contributed by atoms with Crippen LogP contribution in [0.1, 0.15) is 39.0 Å². The van der Waals surface area contributed by atoms with Crippen LogP contribution in [0.15, 0.2) is 0 Å². The van der Waals surface area contributed by atoms with Gasteiger partial charge in [0.2, 0.25) is 0 Å². The maximum atomic E-state index is 13.1. The van der Waals surface area contributed by atoms with Crippen LogP contribution in [0.5, 0.6) is 0 Å². The molecule has 1 saturated heterocycles. The summed E-state index contributed by atoms with van der Waals surface area (Å²) in [6, 6.07) is -0.459. The summed E-state index contributed by atoms with van der Waals surface area (Å²) in [5, 5.41) is 11.7. The molecular weight excluding hydrogens is 325 g/mol. The largest absolute Gasteiger partial charge is 0.481 e. The number of piperidine rings is 1. The second-order valence-electron chi connectivity index (χ2n) is 7.16. The van der Waals surface area contributed by atoms with Gasteiger partial charge in [-0.3, -0.25) is 4.79 Å². The highest BCUT2D eigenvalue weighted by Crippen LogP contribution is 2.41. The number of halogens is 3. The Labute approximate surface area is 139 Å². The van der Waals surface area contributed by atoms with Crippen molar-refractivity contribution >= 4 is 12.0 Å². The van der Waals surface area contributed by atoms with Crippen molar-refractivity contribution in [3.63, 3.8) is 0 Å². The van der Waals surface area contributed by atoms with Crippen molar-refractivity contribution < 1.29 is 27.9 Å². The van der Waals surface area contributed by atoms with Crippen LogP contribution in [-0.2, 0) is 4.79 Å². The molecule has 5 nitrogen and oxygen atoms in total. The second kappa shape index (κ2) is 7.61. The number of carbonyl (C=O) groups is 2. The Morgan fingerprint density at radius 3 is 2.50 bits per heavy atom. The number of carboxylic acid groups (broad SMARTS) is 1. The molecule has 2 rings (SSSR count). The van der Waals surface area contributed by atoms with E-state index in [1.54, 1.807) is 0 Å². The van der Waals surface area contributed by atoms with Crippen LogP contribution in [-0.4, -0.2) is 47.8 Å². The third-order valence-electron chi connectivity index (χ3n) is 5.14. The number of likely N-dealkylation sites (tertiary alicyclic amines) is 1. The fourth-order valence-electron chi connectivity index (χ4n) is 3.91. The zero-order valence-electron chi connectivity index (χ0n) is 13.8. The average molecular weight is 350 g/mol. The van der Waals surface area contributed by atoms with E-state index in [2.05, 4.69) is 5.32 Å². The summed E-state index contributed by atoms with van der Waals surface area (Å²) in [6.45, 7) is 2.41. The van der Waals surface area contributed by atoms with Gasteiger partial charge in [-0.15, -0.1) is 0 Å². The number of carboxylic acids is 1. The molecule has 2 aliphatic rings. The molecule has 0 spiro atoms. The molecule has 4 atom stereocenters. The molecule has 0 bridgehead atoms. The zero-order chi connectivity index (χ0) is 17.9. The average Bonchev–Trinajstić information content (AvgIpc) is 2.51. The lowest BCUT2D eigenvalue weighted by Crippen LogP contribution is -2.51. The van der Waals surface area contributed by atoms with Gasteiger partial charge in [-0.05, 0) is 31.1 Å². The lowest BCUT2D eigenvalue weighted by atomic mass is 9.79. The lowest BCUT2D eigenvalue weighted by Gasteiger charge is -2.36. The quantitative estimate of drug-likeness (QED) is 0.822. The van der Waals surface area contributed by atoms with Crippen LogP contribution in [0.3, 0.4) is 0 Å². The first-order valence-corrected chi connectivity index (χ1v) is 8.50. The van der Waals surface area contributed by atoms with E-state index in [1.165, 1.54) is 4.90 Å². The van der Waals surface area contributed by atoms with E-state index in [1.807, 2.05) is 6.92 Å². The van der Waals surface area contributed by atoms with E-state index < -0.39 is 35.9 Å². The Morgan fingerprint density at radius 1 is 1.21 bits per heavy atom. The summed E-state index contributed by atoms with van der Waals surface area (Å²) >= 11 is 0. The SMILES string of the molecule is CC1CC(C(=O)O)CN(C(=O)NC[C@H]2CCCC[C@H]2C(F)(F)F)C1. The van der Waals surface area contributed by atoms with Crippen LogP contribution < -0.4 is 5.32 Å². The highest BCUT2D eigenvalue weighted by Gasteiger charge is 2.45. The number of nitrogens with zero attached hydrogens (tertiary/aromatic N) is 1. The predicted octanol–water partition coefficient (Wildman–Crippen LogP) is 3.11. The summed E-state index contributed by atoms with van der Waals surface area (Å²) < 4.78 is 39.2. The predicted molar refractivity (Wildman–Crippen MR) is 81.4 cm³/mol. The summed E-state index contributed by atoms with van der Waals surface area (Å²) in [4.78, 5) is 24.8. The van der Waals surface area contributed by atoms with Crippen molar-refractivity contribution in [3.8, 4) is 0 Å². The van der Waals surface area contributed by atoms with Crippen LogP contribution in [0.2, 0.25) is 0 Å². The first kappa shape index (κ1) is 18.9. The molecule has 2 fully saturated rings. The molecule has 138 valence electrons. The van der Waals surface area contributed by atoms with Gasteiger partial charge in [0.25, 0.3) is 0 Å². The molecule has 2 N–H and O–H groups in total. The van der Waals surface area contributed by atoms with Crippen LogP contribution in [0.25, 0.3) is 0 Å². The number of hydrogen-bond donors (Lipinski definition) is 2. The van der Waals surface area contributed by atoms with Crippen molar-refractivity contribution in [3.05, 3.63) is 0 Å². The van der Waals surface area contributed by atoms with Crippen molar-refractivity contribution in [2.75, 3.05) is 19.6 Å². The minimum Gasteiger partial charge on any atom is -0.481 e. The molecule has 1 aliphatic heterocycles. The molecule has 8 heteroatoms. The number of alkyl halides is 3. The number of urea groups is 1. The highest BCUT2D eigenvalue weighted by molar-refractivity contribution is 5.76. The number of aliphatic carboxylic acids is 1. The van der Waals surface area contributed by atoms with E-state index in [-0.39, 0.29) is 25.4 Å². The molecular formula is C16H25F3N2O3. The number of rotatable bonds is 3. The first-order valence-electron chi connectivity index (χ1n) is 8.50. The first-order chi connectivity index (χ1) is 11.2. The topological polar surface area (TPSA) is 69.6 Å². The van der Waals surface area contributed by atoms with E-state index in [0.717, 1.165) is 6.42 Å². The van der Waals surface area contributed by atoms with Gasteiger partial charge in [-0.2, -0.15) is 13.2 Å². The Hall–Kier alpha value is -1.47. The van der Waals surface area contributed by atoms with Gasteiger partial charge in [-0.25, -0.2) is 4.79 Å². The van der Waals surface area contributed by atoms with Crippen molar-refractivity contribution in [1.82, 2.24) is 10.2 Å². The van der Waals surface area contributed by atoms with Crippen LogP contribution in [0, 0.1) is 23.7 Å². The third kappa shape index (κ3) is 4.77. The van der Waals surface area contributed by atoms with Crippen molar-refractivity contribution in [2.24, 2.45) is 23.7 Å². The zero-order valence-corrected chi connectivity index (χ0v) is 13.8. The van der Waals surface area contributed by atoms with E-state index in [9.17, 15) is 22.8 Å². The van der Waals surface area contributed by atoms with Gasteiger partial charge < -0.3 is 15.3 Å². The minimum atomic E-state index is -4.23. The molecule has 0 radical (unpaired) electrons. The number of hydrogen-bond acceptors (Lipinski definition) is 2. The Balaban J connectivity index is 1.90. The molecule has 0 aromatic carbocycles. The summed E-state index contributed by atoms with van der Waals surface area (Å²) in [7, 11) is 0. The maximum Gasteiger partial charge on any atom is 0.392 e. The lowest BCUT2D eigenvalue weighted by molar-refractivity contribution is -0.195. The molecule has 2 amide bonds. The molecule has 1 aliphatic carbocycles.